The van der Waals surface area contributed by atoms with Crippen LogP contribution in [0.5, 0.6) is 17.2 Å². The van der Waals surface area contributed by atoms with E-state index in [-0.39, 0.29) is 28.1 Å². The van der Waals surface area contributed by atoms with E-state index in [1.165, 1.54) is 22.3 Å². The summed E-state index contributed by atoms with van der Waals surface area (Å²) >= 11 is 0. The zero-order valence-corrected chi connectivity index (χ0v) is 29.5. The average Bonchev–Trinajstić information content (AvgIpc) is 3.63. The molecule has 0 atom stereocenters. The fraction of sp³-hybridized carbons (Fsp3) is 0.0667. The molecule has 52 heavy (non-hydrogen) atoms. The maximum Gasteiger partial charge on any atom is 0.154 e. The lowest BCUT2D eigenvalue weighted by atomic mass is 9.82. The molecule has 1 aromatic heterocycles. The van der Waals surface area contributed by atoms with Gasteiger partial charge >= 0.3 is 0 Å². The minimum Gasteiger partial charge on any atom is -0.506 e. The molecule has 0 radical (unpaired) electrons. The SMILES string of the molecule is Bc1c(O)c(O)c(B)c(N(c2ccc(-c3ccc4c(c3)-c3ccccc3C4(C)C)cc2)c2ccc3c(c2)c2ccccc2n3-c2ccccc2)c1O. The van der Waals surface area contributed by atoms with Gasteiger partial charge in [0.05, 0.1) is 16.7 Å². The number of aromatic hydroxyl groups is 3. The number of phenols is 3. The van der Waals surface area contributed by atoms with Crippen LogP contribution in [0, 0.1) is 0 Å². The Hall–Kier alpha value is -6.33. The van der Waals surface area contributed by atoms with E-state index in [1.54, 1.807) is 15.7 Å². The van der Waals surface area contributed by atoms with Crippen molar-refractivity contribution in [2.24, 2.45) is 0 Å². The lowest BCUT2D eigenvalue weighted by Gasteiger charge is -2.29. The van der Waals surface area contributed by atoms with Crippen LogP contribution < -0.4 is 15.8 Å². The quantitative estimate of drug-likeness (QED) is 0.0989. The summed E-state index contributed by atoms with van der Waals surface area (Å²) in [6, 6.07) is 48.7. The normalized spacial score (nSPS) is 13.0. The van der Waals surface area contributed by atoms with Crippen molar-refractivity contribution in [2.75, 3.05) is 4.90 Å². The molecule has 7 heteroatoms. The Balaban J connectivity index is 1.22. The molecule has 0 spiro atoms. The lowest BCUT2D eigenvalue weighted by molar-refractivity contribution is 0.404. The van der Waals surface area contributed by atoms with Crippen LogP contribution in [-0.2, 0) is 5.41 Å². The highest BCUT2D eigenvalue weighted by molar-refractivity contribution is 6.44. The highest BCUT2D eigenvalue weighted by Crippen LogP contribution is 2.50. The molecule has 8 aromatic rings. The van der Waals surface area contributed by atoms with Crippen molar-refractivity contribution < 1.29 is 15.3 Å². The molecule has 0 unspecified atom stereocenters. The Morgan fingerprint density at radius 1 is 0.519 bits per heavy atom. The summed E-state index contributed by atoms with van der Waals surface area (Å²) in [5.41, 5.74) is 13.2. The molecule has 9 rings (SSSR count). The third-order valence-corrected chi connectivity index (χ3v) is 11.1. The lowest BCUT2D eigenvalue weighted by Crippen LogP contribution is -2.23. The molecular formula is C45H36B2N2O3. The summed E-state index contributed by atoms with van der Waals surface area (Å²) in [6.45, 7) is 4.58. The van der Waals surface area contributed by atoms with Gasteiger partial charge in [-0.1, -0.05) is 98.8 Å². The van der Waals surface area contributed by atoms with E-state index in [1.807, 2.05) is 29.2 Å². The highest BCUT2D eigenvalue weighted by Gasteiger charge is 2.35. The summed E-state index contributed by atoms with van der Waals surface area (Å²) in [6.07, 6.45) is 0. The number of benzene rings is 7. The molecule has 5 nitrogen and oxygen atoms in total. The first-order valence-corrected chi connectivity index (χ1v) is 17.6. The van der Waals surface area contributed by atoms with Crippen LogP contribution in [0.15, 0.2) is 140 Å². The van der Waals surface area contributed by atoms with Crippen LogP contribution >= 0.6 is 0 Å². The molecule has 0 saturated heterocycles. The number of anilines is 3. The largest absolute Gasteiger partial charge is 0.506 e. The van der Waals surface area contributed by atoms with E-state index in [4.69, 9.17) is 0 Å². The Bertz CT molecular complexity index is 2690. The molecular weight excluding hydrogens is 638 g/mol. The van der Waals surface area contributed by atoms with Gasteiger partial charge in [-0.2, -0.15) is 0 Å². The van der Waals surface area contributed by atoms with E-state index in [0.29, 0.717) is 11.2 Å². The molecule has 7 aromatic carbocycles. The topological polar surface area (TPSA) is 68.9 Å². The van der Waals surface area contributed by atoms with Gasteiger partial charge < -0.3 is 24.8 Å². The third kappa shape index (κ3) is 4.59. The molecule has 1 aliphatic rings. The number of nitrogens with zero attached hydrogens (tertiary/aromatic N) is 2. The molecule has 3 N–H and O–H groups in total. The number of para-hydroxylation sites is 2. The number of hydrogen-bond acceptors (Lipinski definition) is 4. The van der Waals surface area contributed by atoms with Crippen LogP contribution in [0.1, 0.15) is 25.0 Å². The molecule has 0 bridgehead atoms. The van der Waals surface area contributed by atoms with Crippen molar-refractivity contribution in [1.29, 1.82) is 0 Å². The second-order valence-electron chi connectivity index (χ2n) is 14.3. The standard InChI is InChI=1S/C45H36B2N2O3/c1-45(2)35-14-8-6-12-31(35)33-24-27(18-22-36(33)45)26-16-19-29(20-17-26)48(41-39(46)43(51)44(52)40(47)42(41)50)30-21-23-38-34(25-30)32-13-7-9-15-37(32)49(38)28-10-4-3-5-11-28/h3-25,50-52H,46-47H2,1-2H3. The van der Waals surface area contributed by atoms with Gasteiger partial charge in [0.25, 0.3) is 0 Å². The first kappa shape index (κ1) is 31.6. The van der Waals surface area contributed by atoms with Gasteiger partial charge in [-0.05, 0) is 98.9 Å². The van der Waals surface area contributed by atoms with E-state index >= 15 is 0 Å². The maximum atomic E-state index is 11.6. The molecule has 0 fully saturated rings. The second-order valence-corrected chi connectivity index (χ2v) is 14.3. The van der Waals surface area contributed by atoms with Crippen molar-refractivity contribution in [3.63, 3.8) is 0 Å². The van der Waals surface area contributed by atoms with Crippen molar-refractivity contribution >= 4 is 65.5 Å². The van der Waals surface area contributed by atoms with Gasteiger partial charge in [-0.3, -0.25) is 0 Å². The van der Waals surface area contributed by atoms with Crippen LogP contribution in [0.25, 0.3) is 49.7 Å². The summed E-state index contributed by atoms with van der Waals surface area (Å²) in [5, 5.41) is 35.5. The number of fused-ring (bicyclic) bond motifs is 6. The van der Waals surface area contributed by atoms with Crippen molar-refractivity contribution in [3.05, 3.63) is 151 Å². The summed E-state index contributed by atoms with van der Waals surface area (Å²) < 4.78 is 2.27. The fourth-order valence-corrected chi connectivity index (χ4v) is 8.27. The van der Waals surface area contributed by atoms with Gasteiger partial charge in [0, 0.05) is 33.2 Å². The van der Waals surface area contributed by atoms with Crippen molar-refractivity contribution in [2.45, 2.75) is 19.3 Å². The fourth-order valence-electron chi connectivity index (χ4n) is 8.27. The van der Waals surface area contributed by atoms with E-state index in [2.05, 4.69) is 134 Å². The van der Waals surface area contributed by atoms with E-state index < -0.39 is 0 Å². The van der Waals surface area contributed by atoms with Gasteiger partial charge in [-0.25, -0.2) is 0 Å². The zero-order chi connectivity index (χ0) is 35.9. The smallest absolute Gasteiger partial charge is 0.154 e. The van der Waals surface area contributed by atoms with Crippen LogP contribution in [0.3, 0.4) is 0 Å². The maximum absolute atomic E-state index is 11.6. The molecule has 0 aliphatic heterocycles. The molecule has 0 amide bonds. The summed E-state index contributed by atoms with van der Waals surface area (Å²) in [5.74, 6) is -0.671. The van der Waals surface area contributed by atoms with Crippen LogP contribution in [0.4, 0.5) is 17.1 Å². The van der Waals surface area contributed by atoms with Crippen LogP contribution in [0.2, 0.25) is 0 Å². The van der Waals surface area contributed by atoms with Crippen molar-refractivity contribution in [1.82, 2.24) is 4.57 Å². The minimum absolute atomic E-state index is 0.0585. The van der Waals surface area contributed by atoms with Crippen LogP contribution in [-0.4, -0.2) is 35.6 Å². The molecule has 0 saturated carbocycles. The summed E-state index contributed by atoms with van der Waals surface area (Å²) in [7, 11) is 3.33. The second kappa shape index (κ2) is 11.6. The van der Waals surface area contributed by atoms with Crippen molar-refractivity contribution in [3.8, 4) is 45.2 Å². The monoisotopic (exact) mass is 674 g/mol. The molecule has 1 heterocycles. The predicted molar refractivity (Wildman–Crippen MR) is 220 cm³/mol. The average molecular weight is 674 g/mol. The number of hydrogen-bond donors (Lipinski definition) is 3. The minimum atomic E-state index is -0.322. The Labute approximate surface area is 304 Å². The third-order valence-electron chi connectivity index (χ3n) is 11.1. The van der Waals surface area contributed by atoms with Gasteiger partial charge in [0.1, 0.15) is 21.4 Å². The number of phenolic OH excluding ortho intramolecular Hbond substituents is 3. The van der Waals surface area contributed by atoms with Gasteiger partial charge in [-0.15, -0.1) is 0 Å². The van der Waals surface area contributed by atoms with Gasteiger partial charge in [0.15, 0.2) is 11.5 Å². The summed E-state index contributed by atoms with van der Waals surface area (Å²) in [4.78, 5) is 1.97. The van der Waals surface area contributed by atoms with Gasteiger partial charge in [0.2, 0.25) is 0 Å². The Morgan fingerprint density at radius 3 is 1.92 bits per heavy atom. The Kier molecular flexibility index (Phi) is 7.06. The molecule has 1 aliphatic carbocycles. The van der Waals surface area contributed by atoms with E-state index in [9.17, 15) is 15.3 Å². The van der Waals surface area contributed by atoms with E-state index in [0.717, 1.165) is 50.0 Å². The molecule has 250 valence electrons. The highest BCUT2D eigenvalue weighted by atomic mass is 16.3. The first-order valence-electron chi connectivity index (χ1n) is 17.6. The first-order chi connectivity index (χ1) is 25.1. The number of aromatic nitrogens is 1. The Morgan fingerprint density at radius 2 is 1.13 bits per heavy atom. The zero-order valence-electron chi connectivity index (χ0n) is 29.5. The number of rotatable bonds is 5. The predicted octanol–water partition coefficient (Wildman–Crippen LogP) is 7.86.